The van der Waals surface area contributed by atoms with Crippen LogP contribution in [0.2, 0.25) is 0 Å². The van der Waals surface area contributed by atoms with Gasteiger partial charge in [-0.25, -0.2) is 0 Å². The Balaban J connectivity index is 1.10. The van der Waals surface area contributed by atoms with Crippen molar-refractivity contribution in [1.82, 2.24) is 0 Å². The van der Waals surface area contributed by atoms with Crippen LogP contribution in [-0.2, 0) is 6.42 Å². The highest BCUT2D eigenvalue weighted by Crippen LogP contribution is 2.57. The second-order valence-corrected chi connectivity index (χ2v) is 22.4. The van der Waals surface area contributed by atoms with E-state index in [0.29, 0.717) is 11.8 Å². The van der Waals surface area contributed by atoms with Crippen molar-refractivity contribution in [2.45, 2.75) is 89.4 Å². The molecule has 9 aromatic rings. The molecular formula is C68H56BN. The predicted molar refractivity (Wildman–Crippen MR) is 298 cm³/mol. The van der Waals surface area contributed by atoms with Crippen LogP contribution in [0.1, 0.15) is 105 Å². The van der Waals surface area contributed by atoms with Gasteiger partial charge in [0, 0.05) is 22.5 Å². The van der Waals surface area contributed by atoms with Gasteiger partial charge in [-0.05, 0) is 224 Å². The Kier molecular flexibility index (Phi) is 8.58. The quantitative estimate of drug-likeness (QED) is 0.159. The molecule has 0 aromatic heterocycles. The molecule has 1 nitrogen and oxygen atoms in total. The van der Waals surface area contributed by atoms with Crippen molar-refractivity contribution in [2.75, 3.05) is 4.90 Å². The van der Waals surface area contributed by atoms with Crippen molar-refractivity contribution in [3.63, 3.8) is 0 Å². The molecule has 4 bridgehead atoms. The zero-order valence-electron chi connectivity index (χ0n) is 40.2. The lowest BCUT2D eigenvalue weighted by Gasteiger charge is -2.45. The van der Waals surface area contributed by atoms with Crippen LogP contribution in [0.4, 0.5) is 17.1 Å². The molecular weight excluding hydrogens is 842 g/mol. The Morgan fingerprint density at radius 2 is 1.03 bits per heavy atom. The van der Waals surface area contributed by atoms with Crippen molar-refractivity contribution in [3.8, 4) is 55.6 Å². The fourth-order valence-corrected chi connectivity index (χ4v) is 15.9. The number of rotatable bonds is 4. The Hall–Kier alpha value is -6.90. The maximum Gasteiger partial charge on any atom is 0.249 e. The second-order valence-electron chi connectivity index (χ2n) is 22.4. The molecule has 4 atom stereocenters. The van der Waals surface area contributed by atoms with E-state index in [-0.39, 0.29) is 6.71 Å². The minimum absolute atomic E-state index is 0.126. The third kappa shape index (κ3) is 5.57. The van der Waals surface area contributed by atoms with E-state index in [4.69, 9.17) is 0 Å². The molecule has 3 heterocycles. The molecule has 9 aromatic carbocycles. The van der Waals surface area contributed by atoms with Gasteiger partial charge in [-0.3, -0.25) is 0 Å². The number of fused-ring (bicyclic) bond motifs is 12. The van der Waals surface area contributed by atoms with Crippen molar-refractivity contribution >= 4 is 67.3 Å². The maximum absolute atomic E-state index is 2.77. The van der Waals surface area contributed by atoms with Gasteiger partial charge in [0.2, 0.25) is 6.71 Å². The van der Waals surface area contributed by atoms with Gasteiger partial charge in [-0.2, -0.15) is 0 Å². The van der Waals surface area contributed by atoms with Crippen LogP contribution in [0, 0.1) is 11.8 Å². The standard InChI is InChI=1S/C68H56BN/c1-40-14-11-15-41-27-29-47(35-41)55-37-49-31-33-59-67-62(49)64(60(40)55)53-25-13-24-52-63-51-23-12-16-42-26-28-46(34-42)54(51)36-48-30-32-58(66(61(48)63)69(67)65(52)53)70(59)68-56(44-19-7-3-8-20-44)38-50(43-17-5-2-6-18-43)39-57(68)45-21-9-4-10-22-45/h2-10,13-14,17-22,24-25,30-33,36-39,41-42,46-47H,11-12,15-16,23,26-29,34-35H2,1H3. The zero-order valence-corrected chi connectivity index (χ0v) is 40.2. The smallest absolute Gasteiger partial charge is 0.249 e. The van der Waals surface area contributed by atoms with Crippen molar-refractivity contribution in [1.29, 1.82) is 0 Å². The highest BCUT2D eigenvalue weighted by Gasteiger charge is 2.48. The second kappa shape index (κ2) is 15.1. The van der Waals surface area contributed by atoms with E-state index in [1.807, 2.05) is 0 Å². The summed E-state index contributed by atoms with van der Waals surface area (Å²) in [7, 11) is 0. The van der Waals surface area contributed by atoms with Gasteiger partial charge in [0.25, 0.3) is 0 Å². The summed E-state index contributed by atoms with van der Waals surface area (Å²) < 4.78 is 0. The van der Waals surface area contributed by atoms with Crippen molar-refractivity contribution < 1.29 is 0 Å². The summed E-state index contributed by atoms with van der Waals surface area (Å²) in [6, 6.07) is 61.7. The normalized spacial score (nSPS) is 20.9. The van der Waals surface area contributed by atoms with Crippen LogP contribution >= 0.6 is 0 Å². The van der Waals surface area contributed by atoms with Crippen molar-refractivity contribution in [3.05, 3.63) is 186 Å². The van der Waals surface area contributed by atoms with Crippen LogP contribution in [0.25, 0.3) is 82.8 Å². The molecule has 16 rings (SSSR count). The molecule has 7 aliphatic rings. The predicted octanol–water partition coefficient (Wildman–Crippen LogP) is 16.6. The lowest BCUT2D eigenvalue weighted by molar-refractivity contribution is 0.468. The summed E-state index contributed by atoms with van der Waals surface area (Å²) in [4.78, 5) is 2.77. The first-order valence-corrected chi connectivity index (χ1v) is 26.9. The molecule has 0 spiro atoms. The van der Waals surface area contributed by atoms with Gasteiger partial charge in [0.05, 0.1) is 5.69 Å². The molecule has 336 valence electrons. The number of anilines is 3. The molecule has 0 radical (unpaired) electrons. The molecule has 4 aliphatic carbocycles. The van der Waals surface area contributed by atoms with Gasteiger partial charge in [0.1, 0.15) is 0 Å². The molecule has 4 unspecified atom stereocenters. The molecule has 3 aliphatic heterocycles. The minimum atomic E-state index is 0.126. The monoisotopic (exact) mass is 897 g/mol. The fourth-order valence-electron chi connectivity index (χ4n) is 15.9. The van der Waals surface area contributed by atoms with E-state index in [9.17, 15) is 0 Å². The lowest BCUT2D eigenvalue weighted by atomic mass is 9.29. The highest BCUT2D eigenvalue weighted by atomic mass is 15.2. The van der Waals surface area contributed by atoms with E-state index in [0.717, 1.165) is 11.8 Å². The van der Waals surface area contributed by atoms with E-state index in [1.54, 1.807) is 33.3 Å². The summed E-state index contributed by atoms with van der Waals surface area (Å²) in [5, 5.41) is 5.84. The molecule has 0 amide bonds. The maximum atomic E-state index is 2.77. The number of nitrogens with zero attached hydrogens (tertiary/aromatic N) is 1. The van der Waals surface area contributed by atoms with Gasteiger partial charge in [0.15, 0.2) is 0 Å². The van der Waals surface area contributed by atoms with E-state index in [2.05, 4.69) is 176 Å². The van der Waals surface area contributed by atoms with Crippen LogP contribution in [0.5, 0.6) is 0 Å². The topological polar surface area (TPSA) is 3.24 Å². The number of allylic oxidation sites excluding steroid dienone is 2. The van der Waals surface area contributed by atoms with Crippen LogP contribution in [0.15, 0.2) is 164 Å². The SMILES string of the molecule is CC1=CCCC2CCC(C2)c2cc3ccc4c5c3c(c21)-c1cccc2c1B5c1c(ccc3cc5c(c-2c13)CCCC1CCC5C1)N4c1c(-c2ccccc2)cc(-c2ccccc2)cc1-c1ccccc1. The molecule has 2 fully saturated rings. The highest BCUT2D eigenvalue weighted by molar-refractivity contribution is 7.03. The third-order valence-electron chi connectivity index (χ3n) is 18.8. The van der Waals surface area contributed by atoms with Gasteiger partial charge in [-0.15, -0.1) is 0 Å². The Morgan fingerprint density at radius 1 is 0.457 bits per heavy atom. The Morgan fingerprint density at radius 3 is 1.69 bits per heavy atom. The van der Waals surface area contributed by atoms with Gasteiger partial charge < -0.3 is 4.90 Å². The summed E-state index contributed by atoms with van der Waals surface area (Å²) in [5.74, 6) is 2.97. The molecule has 2 heteroatoms. The van der Waals surface area contributed by atoms with Crippen LogP contribution in [0.3, 0.4) is 0 Å². The lowest BCUT2D eigenvalue weighted by Crippen LogP contribution is -2.61. The number of hydrogen-bond donors (Lipinski definition) is 0. The van der Waals surface area contributed by atoms with Crippen LogP contribution in [-0.4, -0.2) is 6.71 Å². The van der Waals surface area contributed by atoms with Gasteiger partial charge >= 0.3 is 0 Å². The van der Waals surface area contributed by atoms with E-state index in [1.165, 1.54) is 176 Å². The average molecular weight is 898 g/mol. The van der Waals surface area contributed by atoms with Gasteiger partial charge in [-0.1, -0.05) is 151 Å². The number of hydrogen-bond acceptors (Lipinski definition) is 1. The Bertz CT molecular complexity index is 3670. The minimum Gasteiger partial charge on any atom is -0.310 e. The summed E-state index contributed by atoms with van der Waals surface area (Å²) in [6.07, 6.45) is 17.0. The van der Waals surface area contributed by atoms with E-state index >= 15 is 0 Å². The van der Waals surface area contributed by atoms with Crippen molar-refractivity contribution in [2.24, 2.45) is 11.8 Å². The summed E-state index contributed by atoms with van der Waals surface area (Å²) in [5.41, 5.74) is 30.0. The first-order valence-electron chi connectivity index (χ1n) is 26.9. The zero-order chi connectivity index (χ0) is 45.8. The molecule has 0 saturated heterocycles. The largest absolute Gasteiger partial charge is 0.310 e. The average Bonchev–Trinajstić information content (AvgIpc) is 4.12. The summed E-state index contributed by atoms with van der Waals surface area (Å²) >= 11 is 0. The Labute approximate surface area is 413 Å². The third-order valence-corrected chi connectivity index (χ3v) is 18.8. The molecule has 0 N–H and O–H groups in total. The first kappa shape index (κ1) is 39.9. The van der Waals surface area contributed by atoms with E-state index < -0.39 is 0 Å². The number of benzene rings is 9. The summed E-state index contributed by atoms with van der Waals surface area (Å²) in [6.45, 7) is 2.59. The molecule has 70 heavy (non-hydrogen) atoms. The fraction of sp³-hybridized carbons (Fsp3) is 0.235. The molecule has 2 saturated carbocycles. The van der Waals surface area contributed by atoms with Crippen LogP contribution < -0.4 is 21.3 Å². The first-order chi connectivity index (χ1) is 34.6.